The summed E-state index contributed by atoms with van der Waals surface area (Å²) in [6.07, 6.45) is 0. The lowest BCUT2D eigenvalue weighted by Crippen LogP contribution is -2.35. The van der Waals surface area contributed by atoms with E-state index in [0.29, 0.717) is 0 Å². The van der Waals surface area contributed by atoms with Gasteiger partial charge in [0, 0.05) is 5.38 Å². The molecule has 1 aromatic heterocycles. The second kappa shape index (κ2) is 11.4. The molecule has 0 aliphatic carbocycles. The summed E-state index contributed by atoms with van der Waals surface area (Å²) in [5.74, 6) is -2.04. The van der Waals surface area contributed by atoms with Gasteiger partial charge in [-0.15, -0.1) is 11.3 Å². The Kier molecular flexibility index (Phi) is 10.3. The maximum atomic E-state index is 11.3. The molecular formula is C13H23N5O4S. The van der Waals surface area contributed by atoms with Crippen LogP contribution in [-0.4, -0.2) is 64.0 Å². The SMILES string of the molecule is CCN(CC)CC.Nc1nc(/C(=N/O)C(=O)NCC(=O)O)cs1. The van der Waals surface area contributed by atoms with Crippen molar-refractivity contribution in [1.29, 1.82) is 0 Å². The number of oxime groups is 1. The van der Waals surface area contributed by atoms with Crippen LogP contribution in [0.2, 0.25) is 0 Å². The molecule has 0 saturated carbocycles. The van der Waals surface area contributed by atoms with Gasteiger partial charge in [0.15, 0.2) is 10.8 Å². The third kappa shape index (κ3) is 8.12. The monoisotopic (exact) mass is 345 g/mol. The van der Waals surface area contributed by atoms with Crippen LogP contribution in [-0.2, 0) is 9.59 Å². The van der Waals surface area contributed by atoms with Crippen molar-refractivity contribution in [3.05, 3.63) is 11.1 Å². The predicted octanol–water partition coefficient (Wildman–Crippen LogP) is 0.453. The minimum atomic E-state index is -1.21. The molecule has 0 unspecified atom stereocenters. The number of thiazole rings is 1. The Bertz CT molecular complexity index is 523. The van der Waals surface area contributed by atoms with Gasteiger partial charge in [-0.3, -0.25) is 9.59 Å². The van der Waals surface area contributed by atoms with Crippen LogP contribution in [0.15, 0.2) is 10.5 Å². The van der Waals surface area contributed by atoms with E-state index in [2.05, 4.69) is 35.8 Å². The second-order valence-electron chi connectivity index (χ2n) is 4.22. The van der Waals surface area contributed by atoms with Crippen molar-refractivity contribution in [2.75, 3.05) is 31.9 Å². The molecule has 1 heterocycles. The normalized spacial score (nSPS) is 10.9. The second-order valence-corrected chi connectivity index (χ2v) is 5.11. The first-order valence-corrected chi connectivity index (χ1v) is 7.93. The lowest BCUT2D eigenvalue weighted by atomic mass is 10.3. The number of nitrogens with one attached hydrogen (secondary N) is 1. The number of anilines is 1. The van der Waals surface area contributed by atoms with E-state index in [1.54, 1.807) is 0 Å². The van der Waals surface area contributed by atoms with Gasteiger partial charge in [0.25, 0.3) is 5.91 Å². The van der Waals surface area contributed by atoms with Gasteiger partial charge in [-0.05, 0) is 19.6 Å². The zero-order valence-corrected chi connectivity index (χ0v) is 14.3. The van der Waals surface area contributed by atoms with Gasteiger partial charge in [-0.1, -0.05) is 25.9 Å². The smallest absolute Gasteiger partial charge is 0.322 e. The Morgan fingerprint density at radius 1 is 1.35 bits per heavy atom. The van der Waals surface area contributed by atoms with Crippen molar-refractivity contribution < 1.29 is 19.9 Å². The summed E-state index contributed by atoms with van der Waals surface area (Å²) in [7, 11) is 0. The molecular weight excluding hydrogens is 322 g/mol. The first-order chi connectivity index (χ1) is 10.9. The van der Waals surface area contributed by atoms with Crippen molar-refractivity contribution in [2.24, 2.45) is 5.16 Å². The van der Waals surface area contributed by atoms with Crippen LogP contribution in [0.4, 0.5) is 5.13 Å². The number of aliphatic carboxylic acids is 1. The molecule has 130 valence electrons. The summed E-state index contributed by atoms with van der Waals surface area (Å²) in [6.45, 7) is 9.55. The van der Waals surface area contributed by atoms with E-state index in [-0.39, 0.29) is 16.5 Å². The predicted molar refractivity (Wildman–Crippen MR) is 89.0 cm³/mol. The average Bonchev–Trinajstić information content (AvgIpc) is 2.94. The third-order valence-corrected chi connectivity index (χ3v) is 3.50. The number of aromatic nitrogens is 1. The van der Waals surface area contributed by atoms with Crippen molar-refractivity contribution in [2.45, 2.75) is 20.8 Å². The summed E-state index contributed by atoms with van der Waals surface area (Å²) >= 11 is 1.07. The molecule has 23 heavy (non-hydrogen) atoms. The molecule has 0 spiro atoms. The first-order valence-electron chi connectivity index (χ1n) is 7.05. The van der Waals surface area contributed by atoms with Crippen molar-refractivity contribution in [3.63, 3.8) is 0 Å². The zero-order chi connectivity index (χ0) is 17.8. The summed E-state index contributed by atoms with van der Waals surface area (Å²) < 4.78 is 0. The molecule has 0 atom stereocenters. The number of hydrogen-bond acceptors (Lipinski definition) is 8. The number of amides is 1. The summed E-state index contributed by atoms with van der Waals surface area (Å²) in [5, 5.41) is 23.4. The van der Waals surface area contributed by atoms with Crippen molar-refractivity contribution in [3.8, 4) is 0 Å². The minimum Gasteiger partial charge on any atom is -0.480 e. The van der Waals surface area contributed by atoms with E-state index < -0.39 is 18.4 Å². The maximum Gasteiger partial charge on any atom is 0.322 e. The fourth-order valence-electron chi connectivity index (χ4n) is 1.52. The van der Waals surface area contributed by atoms with Crippen molar-refractivity contribution in [1.82, 2.24) is 15.2 Å². The molecule has 1 amide bonds. The molecule has 0 radical (unpaired) electrons. The van der Waals surface area contributed by atoms with Gasteiger partial charge >= 0.3 is 5.97 Å². The standard InChI is InChI=1S/C7H8N4O4S.C6H15N/c8-7-10-3(2-16-7)5(11-15)6(14)9-1-4(12)13;1-4-7(5-2)6-3/h2,15H,1H2,(H2,8,10)(H,9,14)(H,12,13);4-6H2,1-3H3/b11-5-;. The van der Waals surface area contributed by atoms with Gasteiger partial charge in [0.1, 0.15) is 12.2 Å². The highest BCUT2D eigenvalue weighted by Crippen LogP contribution is 2.11. The molecule has 0 aliphatic rings. The van der Waals surface area contributed by atoms with Crippen LogP contribution in [0.1, 0.15) is 26.5 Å². The van der Waals surface area contributed by atoms with Crippen LogP contribution in [0, 0.1) is 0 Å². The van der Waals surface area contributed by atoms with Crippen LogP contribution in [0.25, 0.3) is 0 Å². The van der Waals surface area contributed by atoms with Gasteiger partial charge < -0.3 is 26.3 Å². The number of carbonyl (C=O) groups excluding carboxylic acids is 1. The summed E-state index contributed by atoms with van der Waals surface area (Å²) in [4.78, 5) is 27.7. The highest BCUT2D eigenvalue weighted by molar-refractivity contribution is 7.13. The quantitative estimate of drug-likeness (QED) is 0.319. The van der Waals surface area contributed by atoms with Gasteiger partial charge in [0.05, 0.1) is 0 Å². The molecule has 1 aromatic rings. The van der Waals surface area contributed by atoms with Crippen molar-refractivity contribution >= 4 is 34.1 Å². The van der Waals surface area contributed by atoms with Gasteiger partial charge in [-0.2, -0.15) is 0 Å². The number of hydrogen-bond donors (Lipinski definition) is 4. The highest BCUT2D eigenvalue weighted by Gasteiger charge is 2.18. The molecule has 0 saturated heterocycles. The van der Waals surface area contributed by atoms with E-state index in [0.717, 1.165) is 11.3 Å². The zero-order valence-electron chi connectivity index (χ0n) is 13.4. The molecule has 1 rings (SSSR count). The topological polar surface area (TPSA) is 141 Å². The van der Waals surface area contributed by atoms with Gasteiger partial charge in [0.2, 0.25) is 0 Å². The Labute approximate surface area is 138 Å². The number of rotatable bonds is 7. The Morgan fingerprint density at radius 3 is 2.22 bits per heavy atom. The fourth-order valence-corrected chi connectivity index (χ4v) is 2.07. The molecule has 10 heteroatoms. The number of carboxylic acid groups (broad SMARTS) is 1. The Balaban J connectivity index is 0.000000585. The minimum absolute atomic E-state index is 0.0906. The molecule has 5 N–H and O–H groups in total. The Morgan fingerprint density at radius 2 is 1.91 bits per heavy atom. The summed E-state index contributed by atoms with van der Waals surface area (Å²) in [6, 6.07) is 0. The lowest BCUT2D eigenvalue weighted by Gasteiger charge is -2.13. The van der Waals surface area contributed by atoms with E-state index in [1.165, 1.54) is 25.0 Å². The highest BCUT2D eigenvalue weighted by atomic mass is 32.1. The average molecular weight is 345 g/mol. The number of carboxylic acids is 1. The summed E-state index contributed by atoms with van der Waals surface area (Å²) in [5.41, 5.74) is 5.05. The molecule has 0 aliphatic heterocycles. The number of nitrogen functional groups attached to an aromatic ring is 1. The first kappa shape index (κ1) is 20.8. The number of nitrogens with zero attached hydrogens (tertiary/aromatic N) is 3. The molecule has 0 bridgehead atoms. The third-order valence-electron chi connectivity index (χ3n) is 2.82. The van der Waals surface area contributed by atoms with E-state index in [1.807, 2.05) is 5.32 Å². The van der Waals surface area contributed by atoms with Crippen LogP contribution in [0.3, 0.4) is 0 Å². The van der Waals surface area contributed by atoms with Crippen LogP contribution >= 0.6 is 11.3 Å². The fraction of sp³-hybridized carbons (Fsp3) is 0.538. The molecule has 0 aromatic carbocycles. The van der Waals surface area contributed by atoms with E-state index >= 15 is 0 Å². The largest absolute Gasteiger partial charge is 0.480 e. The van der Waals surface area contributed by atoms with Gasteiger partial charge in [-0.25, -0.2) is 4.98 Å². The maximum absolute atomic E-state index is 11.3. The molecule has 9 nitrogen and oxygen atoms in total. The van der Waals surface area contributed by atoms with E-state index in [9.17, 15) is 9.59 Å². The van der Waals surface area contributed by atoms with Crippen LogP contribution in [0.5, 0.6) is 0 Å². The van der Waals surface area contributed by atoms with E-state index in [4.69, 9.17) is 16.0 Å². The number of nitrogens with two attached hydrogens (primary N) is 1. The number of carbonyl (C=O) groups is 2. The lowest BCUT2D eigenvalue weighted by molar-refractivity contribution is -0.137. The van der Waals surface area contributed by atoms with Crippen LogP contribution < -0.4 is 11.1 Å². The Hall–Kier alpha value is -2.20. The molecule has 0 fully saturated rings.